The van der Waals surface area contributed by atoms with E-state index in [1.807, 2.05) is 25.2 Å². The molecule has 1 heterocycles. The van der Waals surface area contributed by atoms with Crippen molar-refractivity contribution in [2.45, 2.75) is 39.3 Å². The maximum atomic E-state index is 6.03. The van der Waals surface area contributed by atoms with Crippen molar-refractivity contribution in [3.63, 3.8) is 0 Å². The zero-order chi connectivity index (χ0) is 15.5. The summed E-state index contributed by atoms with van der Waals surface area (Å²) in [7, 11) is 1.90. The minimum absolute atomic E-state index is 0.0757. The average Bonchev–Trinajstić information content (AvgIpc) is 2.87. The van der Waals surface area contributed by atoms with Gasteiger partial charge in [-0.15, -0.1) is 11.3 Å². The topological polar surface area (TPSA) is 34.1 Å². The lowest BCUT2D eigenvalue weighted by molar-refractivity contribution is 0.301. The van der Waals surface area contributed by atoms with Gasteiger partial charge in [-0.3, -0.25) is 0 Å². The second-order valence-corrected chi connectivity index (χ2v) is 7.33. The molecule has 0 bridgehead atoms. The molecule has 0 aliphatic carbocycles. The molecule has 1 N–H and O–H groups in total. The highest BCUT2D eigenvalue weighted by atomic mass is 35.5. The van der Waals surface area contributed by atoms with Gasteiger partial charge in [0, 0.05) is 27.9 Å². The van der Waals surface area contributed by atoms with E-state index in [1.165, 1.54) is 0 Å². The van der Waals surface area contributed by atoms with Crippen molar-refractivity contribution in [1.82, 2.24) is 10.3 Å². The average molecular weight is 325 g/mol. The van der Waals surface area contributed by atoms with Crippen molar-refractivity contribution in [3.05, 3.63) is 44.9 Å². The normalized spacial score (nSPS) is 11.7. The molecule has 0 unspecified atom stereocenters. The third-order valence-electron chi connectivity index (χ3n) is 3.06. The molecule has 0 saturated carbocycles. The van der Waals surface area contributed by atoms with Crippen molar-refractivity contribution < 1.29 is 4.74 Å². The van der Waals surface area contributed by atoms with E-state index >= 15 is 0 Å². The van der Waals surface area contributed by atoms with E-state index in [-0.39, 0.29) is 5.41 Å². The van der Waals surface area contributed by atoms with Crippen LogP contribution < -0.4 is 10.1 Å². The first-order valence-electron chi connectivity index (χ1n) is 6.91. The number of nitrogens with one attached hydrogen (secondary N) is 1. The van der Waals surface area contributed by atoms with Crippen LogP contribution >= 0.6 is 22.9 Å². The summed E-state index contributed by atoms with van der Waals surface area (Å²) >= 11 is 7.67. The molecule has 3 nitrogen and oxygen atoms in total. The third-order valence-corrected chi connectivity index (χ3v) is 4.12. The predicted molar refractivity (Wildman–Crippen MR) is 89.4 cm³/mol. The Bertz CT molecular complexity index is 605. The standard InChI is InChI=1S/C16H21ClN2OS/c1-16(2,3)14-10-21-15(19-14)9-20-13-6-5-12(17)7-11(13)8-18-4/h5-7,10,18H,8-9H2,1-4H3. The monoisotopic (exact) mass is 324 g/mol. The van der Waals surface area contributed by atoms with Gasteiger partial charge in [0.05, 0.1) is 5.69 Å². The first-order chi connectivity index (χ1) is 9.90. The van der Waals surface area contributed by atoms with Crippen molar-refractivity contribution in [3.8, 4) is 5.75 Å². The summed E-state index contributed by atoms with van der Waals surface area (Å²) in [6.45, 7) is 7.70. The van der Waals surface area contributed by atoms with Gasteiger partial charge < -0.3 is 10.1 Å². The molecular formula is C16H21ClN2OS. The Kier molecular flexibility index (Phi) is 5.25. The summed E-state index contributed by atoms with van der Waals surface area (Å²) in [6, 6.07) is 5.68. The Hall–Kier alpha value is -1.10. The number of thiazole rings is 1. The lowest BCUT2D eigenvalue weighted by Crippen LogP contribution is -2.12. The van der Waals surface area contributed by atoms with E-state index in [0.717, 1.165) is 33.6 Å². The van der Waals surface area contributed by atoms with E-state index in [0.29, 0.717) is 6.61 Å². The zero-order valence-corrected chi connectivity index (χ0v) is 14.4. The highest BCUT2D eigenvalue weighted by Crippen LogP contribution is 2.26. The van der Waals surface area contributed by atoms with Crippen molar-refractivity contribution >= 4 is 22.9 Å². The molecular weight excluding hydrogens is 304 g/mol. The summed E-state index contributed by atoms with van der Waals surface area (Å²) in [6.07, 6.45) is 0. The van der Waals surface area contributed by atoms with Crippen LogP contribution in [0.1, 0.15) is 37.0 Å². The van der Waals surface area contributed by atoms with E-state index in [9.17, 15) is 0 Å². The molecule has 0 aliphatic rings. The van der Waals surface area contributed by atoms with Crippen LogP contribution in [0, 0.1) is 0 Å². The highest BCUT2D eigenvalue weighted by molar-refractivity contribution is 7.09. The third kappa shape index (κ3) is 4.43. The lowest BCUT2D eigenvalue weighted by atomic mass is 9.93. The number of hydrogen-bond acceptors (Lipinski definition) is 4. The minimum atomic E-state index is 0.0757. The summed E-state index contributed by atoms with van der Waals surface area (Å²) in [4.78, 5) is 4.64. The van der Waals surface area contributed by atoms with Crippen LogP contribution in [-0.4, -0.2) is 12.0 Å². The molecule has 5 heteroatoms. The summed E-state index contributed by atoms with van der Waals surface area (Å²) in [5.41, 5.74) is 2.24. The highest BCUT2D eigenvalue weighted by Gasteiger charge is 2.17. The van der Waals surface area contributed by atoms with Crippen LogP contribution in [0.3, 0.4) is 0 Å². The van der Waals surface area contributed by atoms with E-state index in [4.69, 9.17) is 16.3 Å². The van der Waals surface area contributed by atoms with Gasteiger partial charge in [0.2, 0.25) is 0 Å². The first-order valence-corrected chi connectivity index (χ1v) is 8.16. The predicted octanol–water partition coefficient (Wildman–Crippen LogP) is 4.39. The maximum Gasteiger partial charge on any atom is 0.140 e. The number of halogens is 1. The molecule has 0 amide bonds. The molecule has 0 saturated heterocycles. The summed E-state index contributed by atoms with van der Waals surface area (Å²) in [5, 5.41) is 6.94. The molecule has 0 aliphatic heterocycles. The van der Waals surface area contributed by atoms with Crippen molar-refractivity contribution in [2.75, 3.05) is 7.05 Å². The van der Waals surface area contributed by atoms with Gasteiger partial charge in [0.25, 0.3) is 0 Å². The number of aromatic nitrogens is 1. The Labute approximate surface area is 135 Å². The van der Waals surface area contributed by atoms with Gasteiger partial charge >= 0.3 is 0 Å². The van der Waals surface area contributed by atoms with Gasteiger partial charge in [0.1, 0.15) is 17.4 Å². The van der Waals surface area contributed by atoms with Gasteiger partial charge in [-0.25, -0.2) is 4.98 Å². The first kappa shape index (κ1) is 16.3. The van der Waals surface area contributed by atoms with Crippen LogP contribution in [0.2, 0.25) is 5.02 Å². The summed E-state index contributed by atoms with van der Waals surface area (Å²) < 4.78 is 5.91. The molecule has 0 spiro atoms. The number of nitrogens with zero attached hydrogens (tertiary/aromatic N) is 1. The molecule has 2 aromatic rings. The molecule has 21 heavy (non-hydrogen) atoms. The molecule has 0 fully saturated rings. The fourth-order valence-corrected chi connectivity index (χ4v) is 3.01. The number of rotatable bonds is 5. The van der Waals surface area contributed by atoms with E-state index < -0.39 is 0 Å². The molecule has 0 radical (unpaired) electrons. The Morgan fingerprint density at radius 1 is 1.33 bits per heavy atom. The Morgan fingerprint density at radius 3 is 2.71 bits per heavy atom. The van der Waals surface area contributed by atoms with Crippen LogP contribution in [0.25, 0.3) is 0 Å². The minimum Gasteiger partial charge on any atom is -0.486 e. The fraction of sp³-hybridized carbons (Fsp3) is 0.438. The number of ether oxygens (including phenoxy) is 1. The van der Waals surface area contributed by atoms with Crippen LogP contribution in [-0.2, 0) is 18.6 Å². The largest absolute Gasteiger partial charge is 0.486 e. The molecule has 114 valence electrons. The number of hydrogen-bond donors (Lipinski definition) is 1. The van der Waals surface area contributed by atoms with Crippen LogP contribution in [0.5, 0.6) is 5.75 Å². The van der Waals surface area contributed by atoms with Crippen LogP contribution in [0.4, 0.5) is 0 Å². The second kappa shape index (κ2) is 6.77. The van der Waals surface area contributed by atoms with Crippen molar-refractivity contribution in [2.24, 2.45) is 0 Å². The Balaban J connectivity index is 2.08. The van der Waals surface area contributed by atoms with E-state index in [2.05, 4.69) is 36.5 Å². The fourth-order valence-electron chi connectivity index (χ4n) is 1.88. The van der Waals surface area contributed by atoms with Gasteiger partial charge in [0.15, 0.2) is 0 Å². The van der Waals surface area contributed by atoms with E-state index in [1.54, 1.807) is 11.3 Å². The van der Waals surface area contributed by atoms with Crippen LogP contribution in [0.15, 0.2) is 23.6 Å². The maximum absolute atomic E-state index is 6.03. The molecule has 2 rings (SSSR count). The van der Waals surface area contributed by atoms with Gasteiger partial charge in [-0.05, 0) is 25.2 Å². The van der Waals surface area contributed by atoms with Gasteiger partial charge in [-0.2, -0.15) is 0 Å². The number of benzene rings is 1. The SMILES string of the molecule is CNCc1cc(Cl)ccc1OCc1nc(C(C)(C)C)cs1. The Morgan fingerprint density at radius 2 is 2.10 bits per heavy atom. The van der Waals surface area contributed by atoms with Crippen molar-refractivity contribution in [1.29, 1.82) is 0 Å². The summed E-state index contributed by atoms with van der Waals surface area (Å²) in [5.74, 6) is 0.848. The second-order valence-electron chi connectivity index (χ2n) is 5.95. The quantitative estimate of drug-likeness (QED) is 0.885. The molecule has 1 aromatic carbocycles. The van der Waals surface area contributed by atoms with Gasteiger partial charge in [-0.1, -0.05) is 32.4 Å². The molecule has 1 aromatic heterocycles. The zero-order valence-electron chi connectivity index (χ0n) is 12.9. The smallest absolute Gasteiger partial charge is 0.140 e. The lowest BCUT2D eigenvalue weighted by Gasteiger charge is -2.14. The molecule has 0 atom stereocenters.